The van der Waals surface area contributed by atoms with Crippen LogP contribution in [0.3, 0.4) is 0 Å². The second kappa shape index (κ2) is 5.37. The maximum atomic E-state index is 11.4. The van der Waals surface area contributed by atoms with Gasteiger partial charge in [-0.1, -0.05) is 24.3 Å². The summed E-state index contributed by atoms with van der Waals surface area (Å²) in [7, 11) is 1.94. The highest BCUT2D eigenvalue weighted by Crippen LogP contribution is 2.16. The zero-order valence-corrected chi connectivity index (χ0v) is 11.7. The van der Waals surface area contributed by atoms with Gasteiger partial charge in [-0.25, -0.2) is 19.3 Å². The van der Waals surface area contributed by atoms with Crippen molar-refractivity contribution in [3.8, 4) is 0 Å². The Morgan fingerprint density at radius 2 is 2.10 bits per heavy atom. The van der Waals surface area contributed by atoms with Crippen LogP contribution in [0.4, 0.5) is 5.82 Å². The zero-order valence-electron chi connectivity index (χ0n) is 11.7. The van der Waals surface area contributed by atoms with Gasteiger partial charge in [0, 0.05) is 26.2 Å². The molecule has 0 fully saturated rings. The molecule has 0 saturated carbocycles. The largest absolute Gasteiger partial charge is 0.355 e. The fraction of sp³-hybridized carbons (Fsp3) is 0.214. The molecule has 21 heavy (non-hydrogen) atoms. The van der Waals surface area contributed by atoms with Crippen molar-refractivity contribution >= 4 is 11.5 Å². The molecule has 3 aromatic rings. The van der Waals surface area contributed by atoms with Crippen molar-refractivity contribution in [2.45, 2.75) is 13.1 Å². The number of nitrogens with one attached hydrogen (secondary N) is 1. The second-order valence-electron chi connectivity index (χ2n) is 4.83. The molecule has 0 aliphatic heterocycles. The quantitative estimate of drug-likeness (QED) is 0.728. The van der Waals surface area contributed by atoms with Crippen LogP contribution in [0, 0.1) is 0 Å². The summed E-state index contributed by atoms with van der Waals surface area (Å²) in [5.74, 6) is 0.744. The lowest BCUT2D eigenvalue weighted by atomic mass is 10.1. The lowest BCUT2D eigenvalue weighted by Crippen LogP contribution is -2.20. The molecular formula is C14H16N6O. The van der Waals surface area contributed by atoms with Crippen LogP contribution in [0.25, 0.3) is 5.65 Å². The van der Waals surface area contributed by atoms with Gasteiger partial charge in [-0.3, -0.25) is 0 Å². The number of rotatable bonds is 4. The van der Waals surface area contributed by atoms with Crippen molar-refractivity contribution in [3.05, 3.63) is 58.3 Å². The predicted octanol–water partition coefficient (Wildman–Crippen LogP) is 0.513. The van der Waals surface area contributed by atoms with E-state index < -0.39 is 0 Å². The first-order valence-corrected chi connectivity index (χ1v) is 6.60. The molecule has 1 aromatic carbocycles. The summed E-state index contributed by atoms with van der Waals surface area (Å²) in [6.07, 6.45) is 1.47. The number of anilines is 1. The molecule has 108 valence electrons. The smallest absolute Gasteiger partial charge is 0.348 e. The summed E-state index contributed by atoms with van der Waals surface area (Å²) in [6.45, 7) is 1.19. The first kappa shape index (κ1) is 13.3. The molecule has 0 radical (unpaired) electrons. The van der Waals surface area contributed by atoms with Crippen LogP contribution < -0.4 is 16.3 Å². The van der Waals surface area contributed by atoms with E-state index in [0.29, 0.717) is 18.7 Å². The Bertz CT molecular complexity index is 821. The third-order valence-electron chi connectivity index (χ3n) is 3.43. The number of H-pyrrole nitrogens is 1. The van der Waals surface area contributed by atoms with Crippen molar-refractivity contribution in [2.75, 3.05) is 11.9 Å². The summed E-state index contributed by atoms with van der Waals surface area (Å²) in [4.78, 5) is 17.7. The van der Waals surface area contributed by atoms with Crippen LogP contribution in [-0.4, -0.2) is 26.6 Å². The van der Waals surface area contributed by atoms with E-state index in [2.05, 4.69) is 21.2 Å². The van der Waals surface area contributed by atoms with Crippen molar-refractivity contribution in [3.63, 3.8) is 0 Å². The Morgan fingerprint density at radius 3 is 2.86 bits per heavy atom. The van der Waals surface area contributed by atoms with Crippen molar-refractivity contribution < 1.29 is 0 Å². The molecule has 0 saturated heterocycles. The molecule has 0 spiro atoms. The van der Waals surface area contributed by atoms with Crippen LogP contribution in [-0.2, 0) is 13.1 Å². The van der Waals surface area contributed by atoms with Gasteiger partial charge in [0.25, 0.3) is 0 Å². The number of hydrogen-bond acceptors (Lipinski definition) is 5. The fourth-order valence-corrected chi connectivity index (χ4v) is 2.26. The number of benzene rings is 1. The lowest BCUT2D eigenvalue weighted by molar-refractivity contribution is 0.867. The SMILES string of the molecule is CN(Cc1ccccc1CN)c1cc2n[nH]c(=O)n2cn1. The van der Waals surface area contributed by atoms with Gasteiger partial charge in [-0.05, 0) is 11.1 Å². The number of fused-ring (bicyclic) bond motifs is 1. The van der Waals surface area contributed by atoms with Gasteiger partial charge < -0.3 is 10.6 Å². The van der Waals surface area contributed by atoms with Gasteiger partial charge >= 0.3 is 5.69 Å². The number of aromatic nitrogens is 4. The van der Waals surface area contributed by atoms with Crippen molar-refractivity contribution in [1.29, 1.82) is 0 Å². The number of nitrogens with two attached hydrogens (primary N) is 1. The summed E-state index contributed by atoms with van der Waals surface area (Å²) in [5, 5.41) is 6.33. The topological polar surface area (TPSA) is 92.3 Å². The molecule has 0 amide bonds. The maximum Gasteiger partial charge on any atom is 0.348 e. The van der Waals surface area contributed by atoms with Crippen LogP contribution in [0.1, 0.15) is 11.1 Å². The van der Waals surface area contributed by atoms with Gasteiger partial charge in [0.2, 0.25) is 0 Å². The van der Waals surface area contributed by atoms with Crippen molar-refractivity contribution in [2.24, 2.45) is 5.73 Å². The average Bonchev–Trinajstić information content (AvgIpc) is 2.88. The van der Waals surface area contributed by atoms with E-state index in [9.17, 15) is 4.79 Å². The lowest BCUT2D eigenvalue weighted by Gasteiger charge is -2.19. The highest BCUT2D eigenvalue weighted by atomic mass is 16.1. The average molecular weight is 284 g/mol. The van der Waals surface area contributed by atoms with E-state index in [4.69, 9.17) is 5.73 Å². The summed E-state index contributed by atoms with van der Waals surface area (Å²) < 4.78 is 1.37. The second-order valence-corrected chi connectivity index (χ2v) is 4.83. The Kier molecular flexibility index (Phi) is 3.41. The monoisotopic (exact) mass is 284 g/mol. The van der Waals surface area contributed by atoms with Gasteiger partial charge in [0.1, 0.15) is 12.1 Å². The van der Waals surface area contributed by atoms with Crippen molar-refractivity contribution in [1.82, 2.24) is 19.6 Å². The van der Waals surface area contributed by atoms with Gasteiger partial charge in [0.15, 0.2) is 5.65 Å². The van der Waals surface area contributed by atoms with E-state index in [1.165, 1.54) is 10.7 Å². The molecule has 0 aliphatic carbocycles. The minimum Gasteiger partial charge on any atom is -0.355 e. The Morgan fingerprint density at radius 1 is 1.33 bits per heavy atom. The molecule has 0 aliphatic rings. The van der Waals surface area contributed by atoms with Gasteiger partial charge in [-0.2, -0.15) is 5.10 Å². The molecule has 2 heterocycles. The van der Waals surface area contributed by atoms with E-state index in [0.717, 1.165) is 16.9 Å². The molecule has 0 unspecified atom stereocenters. The normalized spacial score (nSPS) is 11.0. The molecule has 3 N–H and O–H groups in total. The first-order chi connectivity index (χ1) is 10.2. The summed E-state index contributed by atoms with van der Waals surface area (Å²) >= 11 is 0. The van der Waals surface area contributed by atoms with Crippen LogP contribution >= 0.6 is 0 Å². The third-order valence-corrected chi connectivity index (χ3v) is 3.43. The fourth-order valence-electron chi connectivity index (χ4n) is 2.26. The molecule has 0 bridgehead atoms. The van der Waals surface area contributed by atoms with Gasteiger partial charge in [-0.15, -0.1) is 0 Å². The maximum absolute atomic E-state index is 11.4. The summed E-state index contributed by atoms with van der Waals surface area (Å²) in [5.41, 5.74) is 8.28. The standard InChI is InChI=1S/C14H16N6O/c1-19(8-11-5-3-2-4-10(11)7-15)12-6-13-17-18-14(21)20(13)9-16-12/h2-6,9H,7-8,15H2,1H3,(H,18,21). The van der Waals surface area contributed by atoms with Gasteiger partial charge in [0.05, 0.1) is 0 Å². The molecule has 7 nitrogen and oxygen atoms in total. The predicted molar refractivity (Wildman–Crippen MR) is 80.0 cm³/mol. The van der Waals surface area contributed by atoms with Crippen LogP contribution in [0.2, 0.25) is 0 Å². The molecule has 3 rings (SSSR count). The molecule has 0 atom stereocenters. The number of aromatic amines is 1. The Hall–Kier alpha value is -2.67. The first-order valence-electron chi connectivity index (χ1n) is 6.60. The number of nitrogens with zero attached hydrogens (tertiary/aromatic N) is 4. The number of hydrogen-bond donors (Lipinski definition) is 2. The van der Waals surface area contributed by atoms with Crippen LogP contribution in [0.15, 0.2) is 41.5 Å². The molecule has 2 aromatic heterocycles. The Labute approximate surface area is 121 Å². The zero-order chi connectivity index (χ0) is 14.8. The van der Waals surface area contributed by atoms with E-state index >= 15 is 0 Å². The minimum atomic E-state index is -0.291. The highest BCUT2D eigenvalue weighted by molar-refractivity contribution is 5.50. The van der Waals surface area contributed by atoms with E-state index in [1.54, 1.807) is 6.07 Å². The Balaban J connectivity index is 1.89. The molecule has 7 heteroatoms. The van der Waals surface area contributed by atoms with Crippen LogP contribution in [0.5, 0.6) is 0 Å². The third kappa shape index (κ3) is 2.50. The molecular weight excluding hydrogens is 268 g/mol. The highest BCUT2D eigenvalue weighted by Gasteiger charge is 2.09. The minimum absolute atomic E-state index is 0.291. The summed E-state index contributed by atoms with van der Waals surface area (Å²) in [6, 6.07) is 9.81. The van der Waals surface area contributed by atoms with E-state index in [1.807, 2.05) is 30.1 Å². The van der Waals surface area contributed by atoms with E-state index in [-0.39, 0.29) is 5.69 Å².